The second-order valence-electron chi connectivity index (χ2n) is 5.07. The predicted octanol–water partition coefficient (Wildman–Crippen LogP) is 2.86. The van der Waals surface area contributed by atoms with Gasteiger partial charge in [-0.1, -0.05) is 26.1 Å². The van der Waals surface area contributed by atoms with E-state index in [1.54, 1.807) is 12.3 Å². The number of rotatable bonds is 1. The van der Waals surface area contributed by atoms with Gasteiger partial charge in [0.05, 0.1) is 5.56 Å². The van der Waals surface area contributed by atoms with E-state index in [2.05, 4.69) is 18.8 Å². The van der Waals surface area contributed by atoms with Crippen LogP contribution in [0, 0.1) is 16.5 Å². The van der Waals surface area contributed by atoms with Crippen LogP contribution in [0.1, 0.15) is 30.6 Å². The van der Waals surface area contributed by atoms with Gasteiger partial charge in [0.2, 0.25) is 0 Å². The number of hydrogen-bond acceptors (Lipinski definition) is 2. The minimum Gasteiger partial charge on any atom is -0.352 e. The second kappa shape index (κ2) is 5.00. The molecule has 0 saturated carbocycles. The quantitative estimate of drug-likeness (QED) is 0.778. The molecular weight excluding hydrogens is 232 g/mol. The first-order chi connectivity index (χ1) is 8.08. The van der Waals surface area contributed by atoms with Crippen molar-refractivity contribution in [2.45, 2.75) is 20.3 Å². The first kappa shape index (κ1) is 12.3. The van der Waals surface area contributed by atoms with Crippen molar-refractivity contribution in [1.29, 1.82) is 0 Å². The number of carbonyl (C=O) groups is 1. The van der Waals surface area contributed by atoms with Crippen molar-refractivity contribution in [2.75, 3.05) is 13.1 Å². The molecule has 1 aliphatic heterocycles. The third kappa shape index (κ3) is 2.75. The van der Waals surface area contributed by atoms with Gasteiger partial charge in [0.15, 0.2) is 0 Å². The first-order valence-corrected chi connectivity index (χ1v) is 6.45. The second-order valence-corrected chi connectivity index (χ2v) is 5.48. The van der Waals surface area contributed by atoms with E-state index in [9.17, 15) is 4.79 Å². The Morgan fingerprint density at radius 3 is 2.65 bits per heavy atom. The molecule has 0 spiro atoms. The SMILES string of the molecule is C[C@@H]1C[C@H](C)CN(C(=O)c2ccc[nH]c2=S)C1. The average Bonchev–Trinajstić information content (AvgIpc) is 2.27. The van der Waals surface area contributed by atoms with Crippen molar-refractivity contribution in [2.24, 2.45) is 11.8 Å². The van der Waals surface area contributed by atoms with Gasteiger partial charge in [-0.05, 0) is 30.4 Å². The van der Waals surface area contributed by atoms with Crippen molar-refractivity contribution in [3.63, 3.8) is 0 Å². The molecule has 2 rings (SSSR count). The first-order valence-electron chi connectivity index (χ1n) is 6.05. The highest BCUT2D eigenvalue weighted by Gasteiger charge is 2.26. The smallest absolute Gasteiger partial charge is 0.256 e. The number of carbonyl (C=O) groups excluding carboxylic acids is 1. The van der Waals surface area contributed by atoms with Crippen LogP contribution in [0.2, 0.25) is 0 Å². The molecule has 2 heterocycles. The van der Waals surface area contributed by atoms with Crippen LogP contribution in [0.15, 0.2) is 18.3 Å². The van der Waals surface area contributed by atoms with Crippen LogP contribution in [0.3, 0.4) is 0 Å². The molecule has 0 aliphatic carbocycles. The molecule has 0 aromatic carbocycles. The standard InChI is InChI=1S/C13H18N2OS/c1-9-6-10(2)8-15(7-9)13(16)11-4-3-5-14-12(11)17/h3-5,9-10H,6-8H2,1-2H3,(H,14,17)/t9-,10+. The molecule has 1 saturated heterocycles. The molecule has 1 amide bonds. The largest absolute Gasteiger partial charge is 0.352 e. The van der Waals surface area contributed by atoms with Gasteiger partial charge in [-0.3, -0.25) is 4.79 Å². The maximum atomic E-state index is 12.4. The van der Waals surface area contributed by atoms with Crippen LogP contribution >= 0.6 is 12.2 Å². The molecule has 0 radical (unpaired) electrons. The molecule has 4 heteroatoms. The highest BCUT2D eigenvalue weighted by atomic mass is 32.1. The number of amides is 1. The molecule has 1 aliphatic rings. The molecule has 2 atom stereocenters. The predicted molar refractivity (Wildman–Crippen MR) is 70.5 cm³/mol. The molecule has 1 N–H and O–H groups in total. The van der Waals surface area contributed by atoms with Crippen LogP contribution in [0.25, 0.3) is 0 Å². The number of nitrogens with one attached hydrogen (secondary N) is 1. The molecule has 92 valence electrons. The fraction of sp³-hybridized carbons (Fsp3) is 0.538. The lowest BCUT2D eigenvalue weighted by molar-refractivity contribution is 0.0622. The molecular formula is C13H18N2OS. The maximum Gasteiger partial charge on any atom is 0.256 e. The molecule has 0 unspecified atom stereocenters. The van der Waals surface area contributed by atoms with E-state index in [-0.39, 0.29) is 5.91 Å². The van der Waals surface area contributed by atoms with Gasteiger partial charge in [-0.2, -0.15) is 0 Å². The maximum absolute atomic E-state index is 12.4. The summed E-state index contributed by atoms with van der Waals surface area (Å²) in [5.41, 5.74) is 0.615. The van der Waals surface area contributed by atoms with Gasteiger partial charge in [-0.25, -0.2) is 0 Å². The van der Waals surface area contributed by atoms with Crippen LogP contribution < -0.4 is 0 Å². The third-order valence-corrected chi connectivity index (χ3v) is 3.54. The fourth-order valence-electron chi connectivity index (χ4n) is 2.59. The minimum absolute atomic E-state index is 0.0604. The third-order valence-electron chi connectivity index (χ3n) is 3.20. The van der Waals surface area contributed by atoms with E-state index in [1.807, 2.05) is 11.0 Å². The van der Waals surface area contributed by atoms with Gasteiger partial charge in [0, 0.05) is 19.3 Å². The molecule has 3 nitrogen and oxygen atoms in total. The Bertz CT molecular complexity index is 458. The highest BCUT2D eigenvalue weighted by Crippen LogP contribution is 2.22. The van der Waals surface area contributed by atoms with Gasteiger partial charge in [0.25, 0.3) is 5.91 Å². The Morgan fingerprint density at radius 2 is 2.06 bits per heavy atom. The van der Waals surface area contributed by atoms with Crippen molar-refractivity contribution in [1.82, 2.24) is 9.88 Å². The zero-order valence-electron chi connectivity index (χ0n) is 10.3. The number of pyridine rings is 1. The molecule has 1 aromatic heterocycles. The van der Waals surface area contributed by atoms with Crippen LogP contribution in [0.4, 0.5) is 0 Å². The van der Waals surface area contributed by atoms with Crippen molar-refractivity contribution in [3.05, 3.63) is 28.5 Å². The summed E-state index contributed by atoms with van der Waals surface area (Å²) in [6, 6.07) is 3.62. The van der Waals surface area contributed by atoms with Crippen molar-refractivity contribution < 1.29 is 4.79 Å². The topological polar surface area (TPSA) is 36.1 Å². The van der Waals surface area contributed by atoms with Crippen LogP contribution in [-0.4, -0.2) is 28.9 Å². The zero-order valence-corrected chi connectivity index (χ0v) is 11.1. The Kier molecular flexibility index (Phi) is 3.62. The lowest BCUT2D eigenvalue weighted by Gasteiger charge is -2.35. The number of aromatic nitrogens is 1. The van der Waals surface area contributed by atoms with Crippen LogP contribution in [0.5, 0.6) is 0 Å². The zero-order chi connectivity index (χ0) is 12.4. The van der Waals surface area contributed by atoms with Crippen LogP contribution in [-0.2, 0) is 0 Å². The summed E-state index contributed by atoms with van der Waals surface area (Å²) in [7, 11) is 0. The average molecular weight is 250 g/mol. The Hall–Kier alpha value is -1.16. The Morgan fingerprint density at radius 1 is 1.41 bits per heavy atom. The number of piperidine rings is 1. The highest BCUT2D eigenvalue weighted by molar-refractivity contribution is 7.71. The van der Waals surface area contributed by atoms with E-state index < -0.39 is 0 Å². The number of hydrogen-bond donors (Lipinski definition) is 1. The van der Waals surface area contributed by atoms with Gasteiger partial charge in [0.1, 0.15) is 4.64 Å². The van der Waals surface area contributed by atoms with E-state index in [1.165, 1.54) is 6.42 Å². The number of nitrogens with zero attached hydrogens (tertiary/aromatic N) is 1. The summed E-state index contributed by atoms with van der Waals surface area (Å²) in [6.45, 7) is 6.07. The lowest BCUT2D eigenvalue weighted by atomic mass is 9.91. The summed E-state index contributed by atoms with van der Waals surface area (Å²) < 4.78 is 0.531. The summed E-state index contributed by atoms with van der Waals surface area (Å²) in [6.07, 6.45) is 2.95. The number of aromatic amines is 1. The molecule has 0 bridgehead atoms. The van der Waals surface area contributed by atoms with Gasteiger partial charge in [-0.15, -0.1) is 0 Å². The number of H-pyrrole nitrogens is 1. The van der Waals surface area contributed by atoms with Crippen molar-refractivity contribution >= 4 is 18.1 Å². The molecule has 1 fully saturated rings. The lowest BCUT2D eigenvalue weighted by Crippen LogP contribution is -2.42. The van der Waals surface area contributed by atoms with E-state index in [0.717, 1.165) is 13.1 Å². The normalized spacial score (nSPS) is 24.7. The van der Waals surface area contributed by atoms with Crippen molar-refractivity contribution in [3.8, 4) is 0 Å². The molecule has 1 aromatic rings. The number of likely N-dealkylation sites (tertiary alicyclic amines) is 1. The van der Waals surface area contributed by atoms with E-state index in [0.29, 0.717) is 22.0 Å². The summed E-state index contributed by atoms with van der Waals surface area (Å²) in [4.78, 5) is 17.2. The summed E-state index contributed by atoms with van der Waals surface area (Å²) >= 11 is 5.15. The van der Waals surface area contributed by atoms with E-state index >= 15 is 0 Å². The summed E-state index contributed by atoms with van der Waals surface area (Å²) in [5.74, 6) is 1.21. The monoisotopic (exact) mass is 250 g/mol. The van der Waals surface area contributed by atoms with E-state index in [4.69, 9.17) is 12.2 Å². The summed E-state index contributed by atoms with van der Waals surface area (Å²) in [5, 5.41) is 0. The van der Waals surface area contributed by atoms with Gasteiger partial charge < -0.3 is 9.88 Å². The Labute approximate surface area is 107 Å². The minimum atomic E-state index is 0.0604. The molecule has 17 heavy (non-hydrogen) atoms. The Balaban J connectivity index is 2.20. The van der Waals surface area contributed by atoms with Gasteiger partial charge >= 0.3 is 0 Å². The fourth-order valence-corrected chi connectivity index (χ4v) is 2.81.